The van der Waals surface area contributed by atoms with Gasteiger partial charge in [0, 0.05) is 36.3 Å². The number of rotatable bonds is 4. The molecule has 118 valence electrons. The number of ketones is 1. The van der Waals surface area contributed by atoms with Crippen molar-refractivity contribution >= 4 is 23.5 Å². The van der Waals surface area contributed by atoms with Gasteiger partial charge in [0.2, 0.25) is 5.91 Å². The summed E-state index contributed by atoms with van der Waals surface area (Å²) >= 11 is 1.83. The highest BCUT2D eigenvalue weighted by molar-refractivity contribution is 8.07. The number of allylic oxidation sites excluding steroid dienone is 5. The van der Waals surface area contributed by atoms with Crippen molar-refractivity contribution in [1.82, 2.24) is 5.32 Å². The quantitative estimate of drug-likeness (QED) is 0.801. The van der Waals surface area contributed by atoms with Gasteiger partial charge in [-0.15, -0.1) is 0 Å². The van der Waals surface area contributed by atoms with Crippen LogP contribution in [0.25, 0.3) is 0 Å². The summed E-state index contributed by atoms with van der Waals surface area (Å²) in [5.41, 5.74) is 2.46. The van der Waals surface area contributed by atoms with Gasteiger partial charge in [0.05, 0.1) is 0 Å². The summed E-state index contributed by atoms with van der Waals surface area (Å²) < 4.78 is 0. The zero-order valence-corrected chi connectivity index (χ0v) is 13.9. The Morgan fingerprint density at radius 1 is 1.32 bits per heavy atom. The van der Waals surface area contributed by atoms with Gasteiger partial charge in [-0.05, 0) is 49.0 Å². The Balaban J connectivity index is 1.81. The van der Waals surface area contributed by atoms with E-state index in [1.165, 1.54) is 15.4 Å². The first kappa shape index (κ1) is 15.6. The molecule has 1 aliphatic heterocycles. The van der Waals surface area contributed by atoms with Gasteiger partial charge in [-0.2, -0.15) is 0 Å². The Kier molecular flexibility index (Phi) is 4.87. The fourth-order valence-corrected chi connectivity index (χ4v) is 5.00. The third-order valence-electron chi connectivity index (χ3n) is 4.55. The second kappa shape index (κ2) is 6.86. The lowest BCUT2D eigenvalue weighted by Gasteiger charge is -2.35. The minimum absolute atomic E-state index is 0.0188. The number of nitrogens with one attached hydrogen (secondary N) is 1. The Morgan fingerprint density at radius 2 is 2.14 bits per heavy atom. The van der Waals surface area contributed by atoms with Crippen LogP contribution >= 0.6 is 11.8 Å². The van der Waals surface area contributed by atoms with Crippen LogP contribution in [0.3, 0.4) is 0 Å². The van der Waals surface area contributed by atoms with Crippen LogP contribution in [0.1, 0.15) is 51.9 Å². The van der Waals surface area contributed by atoms with Crippen LogP contribution in [0.2, 0.25) is 0 Å². The SMILES string of the molecule is CC(=O)NCCCC1C2=CCCC=C2SC2=C1C(=O)CCC2. The molecule has 0 aromatic heterocycles. The molecule has 1 unspecified atom stereocenters. The minimum atomic E-state index is 0.0188. The lowest BCUT2D eigenvalue weighted by molar-refractivity contribution is -0.119. The zero-order chi connectivity index (χ0) is 15.5. The Morgan fingerprint density at radius 3 is 2.95 bits per heavy atom. The van der Waals surface area contributed by atoms with E-state index >= 15 is 0 Å². The lowest BCUT2D eigenvalue weighted by Crippen LogP contribution is -2.26. The van der Waals surface area contributed by atoms with E-state index in [0.29, 0.717) is 18.7 Å². The van der Waals surface area contributed by atoms with E-state index < -0.39 is 0 Å². The average molecular weight is 317 g/mol. The second-order valence-electron chi connectivity index (χ2n) is 6.20. The highest BCUT2D eigenvalue weighted by Crippen LogP contribution is 2.51. The summed E-state index contributed by atoms with van der Waals surface area (Å²) in [6.45, 7) is 2.25. The van der Waals surface area contributed by atoms with Crippen molar-refractivity contribution in [2.75, 3.05) is 6.54 Å². The van der Waals surface area contributed by atoms with Gasteiger partial charge < -0.3 is 5.32 Å². The van der Waals surface area contributed by atoms with E-state index in [0.717, 1.165) is 44.1 Å². The number of fused-ring (bicyclic) bond motifs is 1. The molecule has 0 bridgehead atoms. The molecule has 0 fully saturated rings. The van der Waals surface area contributed by atoms with Gasteiger partial charge in [0.1, 0.15) is 0 Å². The first-order valence-electron chi connectivity index (χ1n) is 8.26. The smallest absolute Gasteiger partial charge is 0.216 e. The molecule has 3 rings (SSSR count). The maximum atomic E-state index is 12.5. The zero-order valence-electron chi connectivity index (χ0n) is 13.1. The number of hydrogen-bond acceptors (Lipinski definition) is 3. The molecule has 0 aromatic rings. The first-order chi connectivity index (χ1) is 10.7. The number of amides is 1. The normalized spacial score (nSPS) is 24.2. The molecule has 1 heterocycles. The van der Waals surface area contributed by atoms with E-state index in [-0.39, 0.29) is 11.8 Å². The Labute approximate surface area is 136 Å². The monoisotopic (exact) mass is 317 g/mol. The predicted octanol–water partition coefficient (Wildman–Crippen LogP) is 3.88. The highest BCUT2D eigenvalue weighted by atomic mass is 32.2. The van der Waals surface area contributed by atoms with Crippen LogP contribution in [0.5, 0.6) is 0 Å². The van der Waals surface area contributed by atoms with E-state index in [1.54, 1.807) is 6.92 Å². The molecule has 4 heteroatoms. The third-order valence-corrected chi connectivity index (χ3v) is 5.85. The molecular formula is C18H23NO2S. The largest absolute Gasteiger partial charge is 0.356 e. The molecule has 0 saturated heterocycles. The van der Waals surface area contributed by atoms with Gasteiger partial charge in [-0.25, -0.2) is 0 Å². The van der Waals surface area contributed by atoms with E-state index in [4.69, 9.17) is 0 Å². The Hall–Kier alpha value is -1.29. The molecule has 1 atom stereocenters. The van der Waals surface area contributed by atoms with Crippen LogP contribution in [-0.4, -0.2) is 18.2 Å². The van der Waals surface area contributed by atoms with Gasteiger partial charge >= 0.3 is 0 Å². The molecule has 0 radical (unpaired) electrons. The van der Waals surface area contributed by atoms with Crippen LogP contribution in [0.15, 0.2) is 33.1 Å². The maximum absolute atomic E-state index is 12.5. The van der Waals surface area contributed by atoms with Crippen molar-refractivity contribution in [3.8, 4) is 0 Å². The van der Waals surface area contributed by atoms with Gasteiger partial charge in [0.25, 0.3) is 0 Å². The number of carbonyl (C=O) groups is 2. The summed E-state index contributed by atoms with van der Waals surface area (Å²) in [7, 11) is 0. The third kappa shape index (κ3) is 3.22. The van der Waals surface area contributed by atoms with Crippen LogP contribution in [-0.2, 0) is 9.59 Å². The van der Waals surface area contributed by atoms with E-state index in [9.17, 15) is 9.59 Å². The van der Waals surface area contributed by atoms with Crippen molar-refractivity contribution in [3.05, 3.63) is 33.1 Å². The summed E-state index contributed by atoms with van der Waals surface area (Å²) in [6.07, 6.45) is 11.5. The maximum Gasteiger partial charge on any atom is 0.216 e. The minimum Gasteiger partial charge on any atom is -0.356 e. The first-order valence-corrected chi connectivity index (χ1v) is 9.07. The van der Waals surface area contributed by atoms with Gasteiger partial charge in [0.15, 0.2) is 5.78 Å². The summed E-state index contributed by atoms with van der Waals surface area (Å²) in [4.78, 5) is 26.2. The average Bonchev–Trinajstić information content (AvgIpc) is 2.50. The topological polar surface area (TPSA) is 46.2 Å². The number of hydrogen-bond donors (Lipinski definition) is 1. The molecule has 3 aliphatic rings. The van der Waals surface area contributed by atoms with Crippen molar-refractivity contribution in [3.63, 3.8) is 0 Å². The van der Waals surface area contributed by atoms with E-state index in [2.05, 4.69) is 17.5 Å². The molecule has 22 heavy (non-hydrogen) atoms. The van der Waals surface area contributed by atoms with Crippen molar-refractivity contribution in [2.45, 2.75) is 51.9 Å². The lowest BCUT2D eigenvalue weighted by atomic mass is 9.78. The molecule has 1 amide bonds. The summed E-state index contributed by atoms with van der Waals surface area (Å²) in [5, 5.41) is 2.86. The Bertz CT molecular complexity index is 586. The van der Waals surface area contributed by atoms with Crippen LogP contribution in [0, 0.1) is 5.92 Å². The van der Waals surface area contributed by atoms with Gasteiger partial charge in [-0.1, -0.05) is 23.9 Å². The second-order valence-corrected chi connectivity index (χ2v) is 7.34. The molecular weight excluding hydrogens is 294 g/mol. The van der Waals surface area contributed by atoms with E-state index in [1.807, 2.05) is 11.8 Å². The van der Waals surface area contributed by atoms with Gasteiger partial charge in [-0.3, -0.25) is 9.59 Å². The molecule has 2 aliphatic carbocycles. The predicted molar refractivity (Wildman–Crippen MR) is 90.3 cm³/mol. The number of carbonyl (C=O) groups excluding carboxylic acids is 2. The van der Waals surface area contributed by atoms with Crippen molar-refractivity contribution in [2.24, 2.45) is 5.92 Å². The molecule has 0 aromatic carbocycles. The fraction of sp³-hybridized carbons (Fsp3) is 0.556. The molecule has 0 spiro atoms. The summed E-state index contributed by atoms with van der Waals surface area (Å²) in [6, 6.07) is 0. The highest BCUT2D eigenvalue weighted by Gasteiger charge is 2.36. The van der Waals surface area contributed by atoms with Crippen molar-refractivity contribution < 1.29 is 9.59 Å². The van der Waals surface area contributed by atoms with Crippen LogP contribution in [0.4, 0.5) is 0 Å². The molecule has 0 saturated carbocycles. The van der Waals surface area contributed by atoms with Crippen molar-refractivity contribution in [1.29, 1.82) is 0 Å². The standard InChI is InChI=1S/C18H23NO2S/c1-12(20)19-11-5-7-14-13-6-2-3-9-16(13)22-17-10-4-8-15(21)18(14)17/h6,9,14H,2-5,7-8,10-11H2,1H3,(H,19,20). The number of thioether (sulfide) groups is 1. The summed E-state index contributed by atoms with van der Waals surface area (Å²) in [5.74, 6) is 0.624. The molecule has 1 N–H and O–H groups in total. The fourth-order valence-electron chi connectivity index (χ4n) is 3.57. The number of Topliss-reactive ketones (excluding diaryl/α,β-unsaturated/α-hetero) is 1. The molecule has 3 nitrogen and oxygen atoms in total. The van der Waals surface area contributed by atoms with Crippen LogP contribution < -0.4 is 5.32 Å².